The van der Waals surface area contributed by atoms with E-state index in [-0.39, 0.29) is 11.1 Å². The molecule has 0 bridgehead atoms. The lowest BCUT2D eigenvalue weighted by Gasteiger charge is -2.59. The molecule has 2 heterocycles. The molecule has 2 fully saturated rings. The Labute approximate surface area is 325 Å². The second-order valence-electron chi connectivity index (χ2n) is 20.6. The van der Waals surface area contributed by atoms with Gasteiger partial charge in [-0.15, -0.1) is 0 Å². The standard InChI is InChI=1S/C34H76O10Si8/c1-21-27(51(43-47(13,14)15)25-23-33(3,4)39-49(51,19)41-45(7,8)9)29(31(35)36)30(32(37)38)28(22-2)52(44-48(16,17)18)26-24-34(5,6)40-50(52,20)42-46(10,11)12/h27-28H,21-26H2,1-20H3,(H,35,36)(H,37,38). The summed E-state index contributed by atoms with van der Waals surface area (Å²) >= 11 is 0. The molecule has 6 unspecified atom stereocenters. The zero-order chi connectivity index (χ0) is 40.9. The Balaban J connectivity index is 3.28. The molecule has 2 rings (SSSR count). The molecule has 2 N–H and O–H groups in total. The number of hydrogen-bond donors (Lipinski definition) is 2. The van der Waals surface area contributed by atoms with E-state index in [2.05, 4.69) is 119 Å². The first-order valence-electron chi connectivity index (χ1n) is 19.4. The van der Waals surface area contributed by atoms with Gasteiger partial charge in [-0.05, 0) is 157 Å². The molecule has 0 radical (unpaired) electrons. The first kappa shape index (κ1) is 48.3. The molecule has 0 saturated carbocycles. The minimum absolute atomic E-state index is 0.0341. The molecule has 304 valence electrons. The third-order valence-electron chi connectivity index (χ3n) is 10.0. The van der Waals surface area contributed by atoms with Crippen LogP contribution in [0.4, 0.5) is 0 Å². The fraction of sp³-hybridized carbons (Fsp3) is 0.882. The molecule has 0 aromatic carbocycles. The van der Waals surface area contributed by atoms with Crippen molar-refractivity contribution in [2.75, 3.05) is 0 Å². The molecular weight excluding hydrogens is 793 g/mol. The molecule has 52 heavy (non-hydrogen) atoms. The topological polar surface area (TPSA) is 130 Å². The smallest absolute Gasteiger partial charge is 0.336 e. The monoisotopic (exact) mass is 868 g/mol. The molecule has 10 nitrogen and oxygen atoms in total. The summed E-state index contributed by atoms with van der Waals surface area (Å²) in [6.45, 7) is 42.3. The van der Waals surface area contributed by atoms with Crippen LogP contribution in [0.3, 0.4) is 0 Å². The van der Waals surface area contributed by atoms with Gasteiger partial charge in [-0.25, -0.2) is 9.59 Å². The van der Waals surface area contributed by atoms with Crippen molar-refractivity contribution in [1.82, 2.24) is 0 Å². The van der Waals surface area contributed by atoms with Crippen molar-refractivity contribution in [3.05, 3.63) is 11.1 Å². The van der Waals surface area contributed by atoms with Crippen LogP contribution in [0.5, 0.6) is 0 Å². The number of aliphatic carboxylic acids is 2. The van der Waals surface area contributed by atoms with Gasteiger partial charge in [0, 0.05) is 11.1 Å². The van der Waals surface area contributed by atoms with Crippen LogP contribution in [0, 0.1) is 0 Å². The highest BCUT2D eigenvalue weighted by Gasteiger charge is 2.72. The Morgan fingerprint density at radius 2 is 0.827 bits per heavy atom. The Hall–Kier alpha value is 0.175. The average molecular weight is 870 g/mol. The summed E-state index contributed by atoms with van der Waals surface area (Å²) < 4.78 is 43.8. The van der Waals surface area contributed by atoms with Gasteiger partial charge < -0.3 is 35.5 Å². The van der Waals surface area contributed by atoms with Crippen LogP contribution in [0.2, 0.25) is 115 Å². The van der Waals surface area contributed by atoms with Gasteiger partial charge in [0.1, 0.15) is 0 Å². The second kappa shape index (κ2) is 15.8. The van der Waals surface area contributed by atoms with Gasteiger partial charge in [0.05, 0.1) is 22.3 Å². The lowest BCUT2D eigenvalue weighted by Crippen LogP contribution is -2.78. The normalized spacial score (nSPS) is 31.8. The average Bonchev–Trinajstić information content (AvgIpc) is 2.85. The Morgan fingerprint density at radius 3 is 1.02 bits per heavy atom. The molecule has 18 heteroatoms. The van der Waals surface area contributed by atoms with Crippen LogP contribution in [0.1, 0.15) is 67.2 Å². The number of carboxylic acid groups (broad SMARTS) is 2. The van der Waals surface area contributed by atoms with Crippen molar-refractivity contribution in [3.8, 4) is 0 Å². The van der Waals surface area contributed by atoms with Crippen molar-refractivity contribution < 1.29 is 45.1 Å². The van der Waals surface area contributed by atoms with E-state index in [1.165, 1.54) is 0 Å². The number of carboxylic acids is 2. The van der Waals surface area contributed by atoms with E-state index in [9.17, 15) is 19.8 Å². The molecule has 0 spiro atoms. The van der Waals surface area contributed by atoms with Crippen LogP contribution < -0.4 is 0 Å². The van der Waals surface area contributed by atoms with Crippen molar-refractivity contribution in [1.29, 1.82) is 0 Å². The highest BCUT2D eigenvalue weighted by molar-refractivity contribution is 7.38. The quantitative estimate of drug-likeness (QED) is 0.114. The first-order chi connectivity index (χ1) is 22.9. The van der Waals surface area contributed by atoms with Crippen molar-refractivity contribution >= 4 is 77.0 Å². The fourth-order valence-corrected chi connectivity index (χ4v) is 72.1. The first-order valence-corrected chi connectivity index (χ1v) is 44.0. The lowest BCUT2D eigenvalue weighted by atomic mass is 9.98. The molecule has 0 amide bonds. The number of carbonyl (C=O) groups is 2. The van der Waals surface area contributed by atoms with Crippen LogP contribution in [-0.4, -0.2) is 98.5 Å². The predicted molar refractivity (Wildman–Crippen MR) is 232 cm³/mol. The van der Waals surface area contributed by atoms with Crippen LogP contribution in [0.25, 0.3) is 0 Å². The van der Waals surface area contributed by atoms with Crippen molar-refractivity contribution in [3.63, 3.8) is 0 Å². The minimum Gasteiger partial charge on any atom is -0.478 e. The molecular formula is C34H76O10Si8. The second-order valence-corrected chi connectivity index (χ2v) is 61.4. The van der Waals surface area contributed by atoms with E-state index >= 15 is 0 Å². The Kier molecular flexibility index (Phi) is 14.7. The summed E-state index contributed by atoms with van der Waals surface area (Å²) in [5.74, 6) is -2.40. The summed E-state index contributed by atoms with van der Waals surface area (Å²) in [6.07, 6.45) is 2.17. The van der Waals surface area contributed by atoms with E-state index < -0.39 is 99.3 Å². The van der Waals surface area contributed by atoms with Gasteiger partial charge in [-0.3, -0.25) is 0 Å². The van der Waals surface area contributed by atoms with Crippen LogP contribution in [-0.2, 0) is 34.9 Å². The Bertz CT molecular complexity index is 1240. The van der Waals surface area contributed by atoms with Gasteiger partial charge in [0.15, 0.2) is 33.3 Å². The molecule has 0 aromatic rings. The van der Waals surface area contributed by atoms with E-state index in [1.807, 2.05) is 13.8 Å². The molecule has 2 saturated heterocycles. The lowest BCUT2D eigenvalue weighted by molar-refractivity contribution is -0.136. The molecule has 0 aromatic heterocycles. The highest BCUT2D eigenvalue weighted by atomic mass is 29.3. The van der Waals surface area contributed by atoms with Gasteiger partial charge in [0.25, 0.3) is 0 Å². The fourth-order valence-electron chi connectivity index (χ4n) is 9.08. The van der Waals surface area contributed by atoms with Crippen LogP contribution in [0.15, 0.2) is 11.1 Å². The number of hydrogen-bond acceptors (Lipinski definition) is 8. The summed E-state index contributed by atoms with van der Waals surface area (Å²) in [7, 11) is -22.7. The van der Waals surface area contributed by atoms with E-state index in [0.29, 0.717) is 37.8 Å². The van der Waals surface area contributed by atoms with Gasteiger partial charge in [-0.1, -0.05) is 13.8 Å². The largest absolute Gasteiger partial charge is 0.478 e. The molecule has 2 aliphatic rings. The van der Waals surface area contributed by atoms with Gasteiger partial charge in [0.2, 0.25) is 15.7 Å². The number of rotatable bonds is 16. The van der Waals surface area contributed by atoms with Crippen molar-refractivity contribution in [2.45, 2.75) is 193 Å². The zero-order valence-electron chi connectivity index (χ0n) is 36.6. The van der Waals surface area contributed by atoms with E-state index in [0.717, 1.165) is 0 Å². The third-order valence-corrected chi connectivity index (χ3v) is 53.6. The highest BCUT2D eigenvalue weighted by Crippen LogP contribution is 2.56. The summed E-state index contributed by atoms with van der Waals surface area (Å²) in [5.41, 5.74) is -2.39. The van der Waals surface area contributed by atoms with Crippen molar-refractivity contribution in [2.24, 2.45) is 0 Å². The summed E-state index contributed by atoms with van der Waals surface area (Å²) in [4.78, 5) is 28.3. The van der Waals surface area contributed by atoms with E-state index in [4.69, 9.17) is 25.3 Å². The van der Waals surface area contributed by atoms with Crippen LogP contribution >= 0.6 is 0 Å². The molecule has 6 atom stereocenters. The maximum Gasteiger partial charge on any atom is 0.336 e. The molecule has 2 aliphatic heterocycles. The molecule has 0 aliphatic carbocycles. The SMILES string of the molecule is CCC(C(C(=O)O)=C(C(=O)O)C(CC)[Si]1(O[Si](C)(C)C)CCC(C)(C)O[Si]1(C)O[Si](C)(C)C)[Si]1(O[Si](C)(C)C)CCC(C)(C)O[Si]1(C)O[Si](C)(C)C. The minimum atomic E-state index is -3.38. The van der Waals surface area contributed by atoms with Gasteiger partial charge >= 0.3 is 28.1 Å². The predicted octanol–water partition coefficient (Wildman–Crippen LogP) is 10.0. The summed E-state index contributed by atoms with van der Waals surface area (Å²) in [5, 5.41) is 23.1. The Morgan fingerprint density at radius 1 is 0.577 bits per heavy atom. The maximum absolute atomic E-state index is 14.1. The van der Waals surface area contributed by atoms with E-state index in [1.54, 1.807) is 0 Å². The third kappa shape index (κ3) is 11.2. The zero-order valence-corrected chi connectivity index (χ0v) is 44.6. The van der Waals surface area contributed by atoms with Gasteiger partial charge in [-0.2, -0.15) is 0 Å². The summed E-state index contributed by atoms with van der Waals surface area (Å²) in [6, 6.07) is 1.29. The maximum atomic E-state index is 14.1.